The first-order valence-electron chi connectivity index (χ1n) is 4.40. The Bertz CT molecular complexity index is 305. The predicted octanol–water partition coefficient (Wildman–Crippen LogP) is 0.281. The molecule has 0 aromatic heterocycles. The molecule has 1 rings (SSSR count). The average molecular weight is 220 g/mol. The van der Waals surface area contributed by atoms with E-state index in [1.54, 1.807) is 6.92 Å². The van der Waals surface area contributed by atoms with Gasteiger partial charge >= 0.3 is 6.09 Å². The molecular formula is C8H14NO4S. The number of carbonyl (C=O) groups is 1. The number of rotatable bonds is 3. The van der Waals surface area contributed by atoms with Crippen LogP contribution >= 0.6 is 0 Å². The number of amides is 1. The highest BCUT2D eigenvalue weighted by Gasteiger charge is 2.33. The van der Waals surface area contributed by atoms with Gasteiger partial charge in [0.2, 0.25) is 0 Å². The Morgan fingerprint density at radius 1 is 1.57 bits per heavy atom. The number of hydrogen-bond acceptors (Lipinski definition) is 4. The van der Waals surface area contributed by atoms with Gasteiger partial charge in [-0.2, -0.15) is 0 Å². The van der Waals surface area contributed by atoms with Crippen LogP contribution in [0.5, 0.6) is 0 Å². The van der Waals surface area contributed by atoms with Gasteiger partial charge in [0.15, 0.2) is 9.84 Å². The first-order valence-corrected chi connectivity index (χ1v) is 6.22. The molecule has 0 atom stereocenters. The predicted molar refractivity (Wildman–Crippen MR) is 51.2 cm³/mol. The van der Waals surface area contributed by atoms with Crippen LogP contribution in [0.4, 0.5) is 4.79 Å². The lowest BCUT2D eigenvalue weighted by Gasteiger charge is -2.37. The lowest BCUT2D eigenvalue weighted by Crippen LogP contribution is -2.52. The van der Waals surface area contributed by atoms with Gasteiger partial charge in [-0.1, -0.05) is 0 Å². The molecule has 1 fully saturated rings. The van der Waals surface area contributed by atoms with E-state index in [0.29, 0.717) is 19.7 Å². The van der Waals surface area contributed by atoms with E-state index < -0.39 is 9.84 Å². The van der Waals surface area contributed by atoms with Gasteiger partial charge in [0.1, 0.15) is 0 Å². The molecule has 81 valence electrons. The van der Waals surface area contributed by atoms with Crippen molar-refractivity contribution in [1.29, 1.82) is 0 Å². The highest BCUT2D eigenvalue weighted by atomic mass is 32.2. The Hall–Kier alpha value is -0.780. The van der Waals surface area contributed by atoms with Crippen LogP contribution in [0.15, 0.2) is 0 Å². The molecule has 0 aromatic carbocycles. The minimum Gasteiger partial charge on any atom is -0.450 e. The Morgan fingerprint density at radius 2 is 2.14 bits per heavy atom. The topological polar surface area (TPSA) is 63.7 Å². The van der Waals surface area contributed by atoms with Crippen molar-refractivity contribution in [2.75, 3.05) is 25.4 Å². The van der Waals surface area contributed by atoms with Crippen molar-refractivity contribution < 1.29 is 17.9 Å². The second-order valence-corrected chi connectivity index (χ2v) is 5.20. The van der Waals surface area contributed by atoms with Crippen LogP contribution in [0.1, 0.15) is 6.92 Å². The summed E-state index contributed by atoms with van der Waals surface area (Å²) in [5, 5.41) is 0. The zero-order valence-corrected chi connectivity index (χ0v) is 8.92. The summed E-state index contributed by atoms with van der Waals surface area (Å²) in [6, 6.07) is 0. The zero-order valence-electron chi connectivity index (χ0n) is 8.10. The monoisotopic (exact) mass is 220 g/mol. The van der Waals surface area contributed by atoms with Gasteiger partial charge in [0, 0.05) is 19.0 Å². The molecule has 1 aliphatic heterocycles. The third-order valence-electron chi connectivity index (χ3n) is 1.97. The summed E-state index contributed by atoms with van der Waals surface area (Å²) in [6.07, 6.45) is 2.67. The number of likely N-dealkylation sites (tertiary alicyclic amines) is 1. The van der Waals surface area contributed by atoms with Crippen molar-refractivity contribution in [2.24, 2.45) is 5.92 Å². The molecule has 6 heteroatoms. The van der Waals surface area contributed by atoms with Crippen LogP contribution in [-0.4, -0.2) is 44.9 Å². The third-order valence-corrected chi connectivity index (χ3v) is 2.95. The Morgan fingerprint density at radius 3 is 2.57 bits per heavy atom. The van der Waals surface area contributed by atoms with Crippen LogP contribution in [-0.2, 0) is 14.6 Å². The summed E-state index contributed by atoms with van der Waals surface area (Å²) >= 11 is 0. The maximum Gasteiger partial charge on any atom is 0.409 e. The van der Waals surface area contributed by atoms with Crippen molar-refractivity contribution in [3.63, 3.8) is 0 Å². The molecule has 0 aliphatic carbocycles. The summed E-state index contributed by atoms with van der Waals surface area (Å²) < 4.78 is 26.3. The zero-order chi connectivity index (χ0) is 10.8. The Kier molecular flexibility index (Phi) is 3.36. The van der Waals surface area contributed by atoms with E-state index in [2.05, 4.69) is 6.26 Å². The average Bonchev–Trinajstić information content (AvgIpc) is 1.94. The van der Waals surface area contributed by atoms with Gasteiger partial charge in [-0.3, -0.25) is 0 Å². The molecular weight excluding hydrogens is 206 g/mol. The molecule has 1 amide bonds. The highest BCUT2D eigenvalue weighted by molar-refractivity contribution is 7.92. The van der Waals surface area contributed by atoms with Crippen LogP contribution in [0, 0.1) is 12.2 Å². The van der Waals surface area contributed by atoms with Crippen LogP contribution in [0.2, 0.25) is 0 Å². The van der Waals surface area contributed by atoms with Crippen LogP contribution in [0.3, 0.4) is 0 Å². The number of hydrogen-bond donors (Lipinski definition) is 0. The minimum atomic E-state index is -3.17. The minimum absolute atomic E-state index is 0.0157. The standard InChI is InChI=1S/C8H14NO4S/c1-3-13-8(10)9-4-7(5-9)6-14(2,11)12/h7H,2-6H2,1H3. The first-order chi connectivity index (χ1) is 6.42. The molecule has 0 unspecified atom stereocenters. The summed E-state index contributed by atoms with van der Waals surface area (Å²) in [4.78, 5) is 12.6. The fourth-order valence-electron chi connectivity index (χ4n) is 1.40. The van der Waals surface area contributed by atoms with Crippen molar-refractivity contribution >= 4 is 15.9 Å². The van der Waals surface area contributed by atoms with E-state index in [0.717, 1.165) is 0 Å². The van der Waals surface area contributed by atoms with Crippen LogP contribution in [0.25, 0.3) is 0 Å². The molecule has 1 saturated heterocycles. The van der Waals surface area contributed by atoms with Crippen molar-refractivity contribution in [3.8, 4) is 0 Å². The molecule has 5 nitrogen and oxygen atoms in total. The fraction of sp³-hybridized carbons (Fsp3) is 0.750. The SMILES string of the molecule is [CH2]S(=O)(=O)CC1CN(C(=O)OCC)C1. The van der Waals surface area contributed by atoms with Gasteiger partial charge in [-0.15, -0.1) is 0 Å². The van der Waals surface area contributed by atoms with E-state index in [1.807, 2.05) is 0 Å². The second-order valence-electron chi connectivity index (χ2n) is 3.38. The van der Waals surface area contributed by atoms with E-state index in [9.17, 15) is 13.2 Å². The molecule has 1 radical (unpaired) electrons. The largest absolute Gasteiger partial charge is 0.450 e. The highest BCUT2D eigenvalue weighted by Crippen LogP contribution is 2.18. The van der Waals surface area contributed by atoms with Crippen molar-refractivity contribution in [3.05, 3.63) is 6.26 Å². The van der Waals surface area contributed by atoms with Gasteiger partial charge in [0.25, 0.3) is 0 Å². The van der Waals surface area contributed by atoms with E-state index >= 15 is 0 Å². The Balaban J connectivity index is 2.27. The van der Waals surface area contributed by atoms with E-state index in [4.69, 9.17) is 4.74 Å². The molecule has 0 spiro atoms. The smallest absolute Gasteiger partial charge is 0.409 e. The fourth-order valence-corrected chi connectivity index (χ4v) is 2.33. The molecule has 0 saturated carbocycles. The molecule has 0 aromatic rings. The maximum atomic E-state index is 11.1. The van der Waals surface area contributed by atoms with Crippen LogP contribution < -0.4 is 0 Å². The van der Waals surface area contributed by atoms with E-state index in [1.165, 1.54) is 4.90 Å². The van der Waals surface area contributed by atoms with Gasteiger partial charge < -0.3 is 9.64 Å². The lowest BCUT2D eigenvalue weighted by atomic mass is 10.0. The summed E-state index contributed by atoms with van der Waals surface area (Å²) in [7, 11) is -3.17. The number of nitrogens with zero attached hydrogens (tertiary/aromatic N) is 1. The van der Waals surface area contributed by atoms with Gasteiger partial charge in [-0.25, -0.2) is 13.2 Å². The summed E-state index contributed by atoms with van der Waals surface area (Å²) in [5.74, 6) is 0.0602. The quantitative estimate of drug-likeness (QED) is 0.685. The van der Waals surface area contributed by atoms with Crippen molar-refractivity contribution in [1.82, 2.24) is 4.90 Å². The molecule has 0 N–H and O–H groups in total. The number of sulfone groups is 1. The lowest BCUT2D eigenvalue weighted by molar-refractivity contribution is 0.0628. The second kappa shape index (κ2) is 4.16. The van der Waals surface area contributed by atoms with Crippen molar-refractivity contribution in [2.45, 2.75) is 6.92 Å². The summed E-state index contributed by atoms with van der Waals surface area (Å²) in [5.41, 5.74) is 0. The molecule has 0 bridgehead atoms. The third kappa shape index (κ3) is 3.17. The van der Waals surface area contributed by atoms with Gasteiger partial charge in [-0.05, 0) is 6.92 Å². The Labute approximate surface area is 83.9 Å². The normalized spacial score (nSPS) is 17.7. The number of ether oxygens (including phenoxy) is 1. The summed E-state index contributed by atoms with van der Waals surface area (Å²) in [6.45, 7) is 2.98. The molecule has 1 heterocycles. The first kappa shape index (κ1) is 11.3. The maximum absolute atomic E-state index is 11.1. The van der Waals surface area contributed by atoms with Gasteiger partial charge in [0.05, 0.1) is 18.6 Å². The number of carbonyl (C=O) groups excluding carboxylic acids is 1. The molecule has 14 heavy (non-hydrogen) atoms. The van der Waals surface area contributed by atoms with E-state index in [-0.39, 0.29) is 17.8 Å². The molecule has 1 aliphatic rings.